The van der Waals surface area contributed by atoms with Crippen molar-refractivity contribution in [3.05, 3.63) is 88.7 Å². The van der Waals surface area contributed by atoms with Gasteiger partial charge in [-0.1, -0.05) is 30.3 Å². The third-order valence-corrected chi connectivity index (χ3v) is 4.35. The zero-order chi connectivity index (χ0) is 18.7. The third-order valence-electron chi connectivity index (χ3n) is 4.35. The minimum Gasteiger partial charge on any atom is -0.478 e. The van der Waals surface area contributed by atoms with E-state index >= 15 is 0 Å². The van der Waals surface area contributed by atoms with Gasteiger partial charge in [0.2, 0.25) is 0 Å². The van der Waals surface area contributed by atoms with Gasteiger partial charge < -0.3 is 9.67 Å². The van der Waals surface area contributed by atoms with Crippen LogP contribution in [0.4, 0.5) is 0 Å². The number of nitriles is 1. The molecule has 0 atom stereocenters. The van der Waals surface area contributed by atoms with Gasteiger partial charge in [-0.3, -0.25) is 0 Å². The molecule has 1 aromatic heterocycles. The quantitative estimate of drug-likeness (QED) is 0.689. The van der Waals surface area contributed by atoms with Crippen LogP contribution in [-0.4, -0.2) is 15.6 Å². The van der Waals surface area contributed by atoms with E-state index in [1.165, 1.54) is 12.1 Å². The van der Waals surface area contributed by atoms with E-state index in [1.54, 1.807) is 12.1 Å². The van der Waals surface area contributed by atoms with E-state index in [2.05, 4.69) is 10.6 Å². The summed E-state index contributed by atoms with van der Waals surface area (Å²) in [6, 6.07) is 20.7. The molecule has 0 amide bonds. The van der Waals surface area contributed by atoms with Gasteiger partial charge >= 0.3 is 5.97 Å². The minimum absolute atomic E-state index is 0.202. The number of aryl methyl sites for hydroxylation is 1. The lowest BCUT2D eigenvalue weighted by Gasteiger charge is -2.09. The van der Waals surface area contributed by atoms with Gasteiger partial charge in [-0.15, -0.1) is 0 Å². The van der Waals surface area contributed by atoms with Crippen molar-refractivity contribution >= 4 is 17.6 Å². The van der Waals surface area contributed by atoms with E-state index in [1.807, 2.05) is 56.3 Å². The molecule has 2 aromatic carbocycles. The van der Waals surface area contributed by atoms with Crippen molar-refractivity contribution in [1.82, 2.24) is 4.57 Å². The first-order valence-electron chi connectivity index (χ1n) is 8.21. The summed E-state index contributed by atoms with van der Waals surface area (Å²) in [5.74, 6) is -0.981. The van der Waals surface area contributed by atoms with Crippen LogP contribution in [0, 0.1) is 25.2 Å². The molecular weight excluding hydrogens is 324 g/mol. The Kier molecular flexibility index (Phi) is 4.72. The molecule has 0 spiro atoms. The molecule has 0 radical (unpaired) electrons. The number of allylic oxidation sites excluding steroid dienone is 1. The standard InChI is InChI=1S/C22H18N2O2/c1-15-12-19(16(2)24(15)21-6-4-3-5-7-21)13-20(14-23)17-8-10-18(11-9-17)22(25)26/h3-13H,1-2H3,(H,25,26). The number of aromatic nitrogens is 1. The Morgan fingerprint density at radius 1 is 1.04 bits per heavy atom. The number of para-hydroxylation sites is 1. The number of rotatable bonds is 4. The van der Waals surface area contributed by atoms with Crippen LogP contribution in [0.3, 0.4) is 0 Å². The molecule has 4 nitrogen and oxygen atoms in total. The highest BCUT2D eigenvalue weighted by Gasteiger charge is 2.11. The highest BCUT2D eigenvalue weighted by molar-refractivity contribution is 5.92. The van der Waals surface area contributed by atoms with Crippen molar-refractivity contribution in [3.8, 4) is 11.8 Å². The smallest absolute Gasteiger partial charge is 0.335 e. The highest BCUT2D eigenvalue weighted by atomic mass is 16.4. The van der Waals surface area contributed by atoms with Crippen LogP contribution in [0.25, 0.3) is 17.3 Å². The summed E-state index contributed by atoms with van der Waals surface area (Å²) in [5, 5.41) is 18.6. The predicted octanol–water partition coefficient (Wildman–Crippen LogP) is 4.86. The first-order valence-corrected chi connectivity index (χ1v) is 8.21. The van der Waals surface area contributed by atoms with Crippen molar-refractivity contribution in [2.45, 2.75) is 13.8 Å². The maximum absolute atomic E-state index is 11.0. The molecule has 0 saturated carbocycles. The fourth-order valence-corrected chi connectivity index (χ4v) is 3.04. The third kappa shape index (κ3) is 3.28. The normalized spacial score (nSPS) is 11.2. The Labute approximate surface area is 152 Å². The van der Waals surface area contributed by atoms with Gasteiger partial charge in [0.25, 0.3) is 0 Å². The SMILES string of the molecule is Cc1cc(C=C(C#N)c2ccc(C(=O)O)cc2)c(C)n1-c1ccccc1. The molecule has 1 N–H and O–H groups in total. The van der Waals surface area contributed by atoms with Gasteiger partial charge in [-0.05, 0) is 61.4 Å². The topological polar surface area (TPSA) is 66.0 Å². The summed E-state index contributed by atoms with van der Waals surface area (Å²) in [6.07, 6.45) is 1.84. The molecule has 0 saturated heterocycles. The van der Waals surface area contributed by atoms with Crippen molar-refractivity contribution in [2.75, 3.05) is 0 Å². The van der Waals surface area contributed by atoms with E-state index in [-0.39, 0.29) is 5.56 Å². The van der Waals surface area contributed by atoms with Crippen molar-refractivity contribution in [3.63, 3.8) is 0 Å². The zero-order valence-corrected chi connectivity index (χ0v) is 14.6. The summed E-state index contributed by atoms with van der Waals surface area (Å²) < 4.78 is 2.15. The molecule has 26 heavy (non-hydrogen) atoms. The second kappa shape index (κ2) is 7.12. The molecule has 4 heteroatoms. The number of nitrogens with zero attached hydrogens (tertiary/aromatic N) is 2. The number of hydrogen-bond donors (Lipinski definition) is 1. The van der Waals surface area contributed by atoms with Crippen molar-refractivity contribution < 1.29 is 9.90 Å². The Morgan fingerprint density at radius 2 is 1.65 bits per heavy atom. The highest BCUT2D eigenvalue weighted by Crippen LogP contribution is 2.25. The number of benzene rings is 2. The maximum atomic E-state index is 11.0. The van der Waals surface area contributed by atoms with E-state index in [0.29, 0.717) is 11.1 Å². The molecule has 1 heterocycles. The van der Waals surface area contributed by atoms with Gasteiger partial charge in [0.05, 0.1) is 17.2 Å². The number of carboxylic acids is 1. The van der Waals surface area contributed by atoms with E-state index < -0.39 is 5.97 Å². The lowest BCUT2D eigenvalue weighted by atomic mass is 10.0. The summed E-state index contributed by atoms with van der Waals surface area (Å²) in [5.41, 5.74) is 5.56. The Balaban J connectivity index is 2.03. The molecule has 0 aliphatic carbocycles. The number of carboxylic acid groups (broad SMARTS) is 1. The molecule has 0 bridgehead atoms. The molecule has 128 valence electrons. The second-order valence-electron chi connectivity index (χ2n) is 6.05. The zero-order valence-electron chi connectivity index (χ0n) is 14.6. The lowest BCUT2D eigenvalue weighted by molar-refractivity contribution is 0.0697. The Morgan fingerprint density at radius 3 is 2.23 bits per heavy atom. The summed E-state index contributed by atoms with van der Waals surface area (Å²) in [4.78, 5) is 11.0. The predicted molar refractivity (Wildman–Crippen MR) is 102 cm³/mol. The first kappa shape index (κ1) is 17.2. The Bertz CT molecular complexity index is 1020. The summed E-state index contributed by atoms with van der Waals surface area (Å²) in [7, 11) is 0. The number of carbonyl (C=O) groups is 1. The fraction of sp³-hybridized carbons (Fsp3) is 0.0909. The van der Waals surface area contributed by atoms with Crippen LogP contribution in [0.5, 0.6) is 0 Å². The van der Waals surface area contributed by atoms with Crippen LogP contribution >= 0.6 is 0 Å². The van der Waals surface area contributed by atoms with E-state index in [4.69, 9.17) is 5.11 Å². The van der Waals surface area contributed by atoms with Crippen LogP contribution in [-0.2, 0) is 0 Å². The summed E-state index contributed by atoms with van der Waals surface area (Å²) in [6.45, 7) is 4.05. The van der Waals surface area contributed by atoms with E-state index in [0.717, 1.165) is 22.6 Å². The molecular formula is C22H18N2O2. The molecule has 3 rings (SSSR count). The monoisotopic (exact) mass is 342 g/mol. The van der Waals surface area contributed by atoms with Crippen molar-refractivity contribution in [2.24, 2.45) is 0 Å². The van der Waals surface area contributed by atoms with E-state index in [9.17, 15) is 10.1 Å². The largest absolute Gasteiger partial charge is 0.478 e. The van der Waals surface area contributed by atoms with Crippen LogP contribution < -0.4 is 0 Å². The maximum Gasteiger partial charge on any atom is 0.335 e. The van der Waals surface area contributed by atoms with Crippen LogP contribution in [0.1, 0.15) is 32.9 Å². The van der Waals surface area contributed by atoms with Crippen molar-refractivity contribution in [1.29, 1.82) is 5.26 Å². The first-order chi connectivity index (χ1) is 12.5. The van der Waals surface area contributed by atoms with Gasteiger partial charge in [0.1, 0.15) is 0 Å². The molecule has 0 unspecified atom stereocenters. The van der Waals surface area contributed by atoms with Gasteiger partial charge in [-0.2, -0.15) is 5.26 Å². The Hall–Kier alpha value is -3.58. The van der Waals surface area contributed by atoms with Crippen LogP contribution in [0.2, 0.25) is 0 Å². The molecule has 0 aliphatic rings. The molecule has 0 aliphatic heterocycles. The average Bonchev–Trinajstić information content (AvgIpc) is 2.93. The van der Waals surface area contributed by atoms with Gasteiger partial charge in [0.15, 0.2) is 0 Å². The van der Waals surface area contributed by atoms with Gasteiger partial charge in [-0.25, -0.2) is 4.79 Å². The fourth-order valence-electron chi connectivity index (χ4n) is 3.04. The van der Waals surface area contributed by atoms with Gasteiger partial charge in [0, 0.05) is 17.1 Å². The summed E-state index contributed by atoms with van der Waals surface area (Å²) >= 11 is 0. The molecule has 3 aromatic rings. The number of aromatic carboxylic acids is 1. The average molecular weight is 342 g/mol. The molecule has 0 fully saturated rings. The lowest BCUT2D eigenvalue weighted by Crippen LogP contribution is -1.98. The van der Waals surface area contributed by atoms with Crippen LogP contribution in [0.15, 0.2) is 60.7 Å². The number of hydrogen-bond acceptors (Lipinski definition) is 2. The minimum atomic E-state index is -0.981. The second-order valence-corrected chi connectivity index (χ2v) is 6.05.